The highest BCUT2D eigenvalue weighted by atomic mass is 79.9. The zero-order valence-electron chi connectivity index (χ0n) is 15.5. The predicted octanol–water partition coefficient (Wildman–Crippen LogP) is 6.42. The summed E-state index contributed by atoms with van der Waals surface area (Å²) in [6, 6.07) is 17.3. The lowest BCUT2D eigenvalue weighted by atomic mass is 10.0. The molecule has 4 rings (SSSR count). The van der Waals surface area contributed by atoms with E-state index in [4.69, 9.17) is 4.74 Å². The summed E-state index contributed by atoms with van der Waals surface area (Å²) in [4.78, 5) is 9.09. The van der Waals surface area contributed by atoms with Crippen LogP contribution in [-0.2, 0) is 6.42 Å². The van der Waals surface area contributed by atoms with Gasteiger partial charge in [0.1, 0.15) is 23.4 Å². The number of pyridine rings is 2. The van der Waals surface area contributed by atoms with E-state index >= 15 is 0 Å². The van der Waals surface area contributed by atoms with Gasteiger partial charge in [0.25, 0.3) is 0 Å². The van der Waals surface area contributed by atoms with Gasteiger partial charge < -0.3 is 4.74 Å². The van der Waals surface area contributed by atoms with Crippen LogP contribution in [0.25, 0.3) is 22.3 Å². The molecule has 0 atom stereocenters. The highest BCUT2D eigenvalue weighted by Gasteiger charge is 2.19. The monoisotopic (exact) mass is 447 g/mol. The maximum atomic E-state index is 13.9. The molecule has 0 saturated carbocycles. The first-order chi connectivity index (χ1) is 14.1. The normalized spacial score (nSPS) is 10.7. The Morgan fingerprint density at radius 2 is 2.00 bits per heavy atom. The maximum absolute atomic E-state index is 13.9. The summed E-state index contributed by atoms with van der Waals surface area (Å²) in [5, 5.41) is 10.2. The van der Waals surface area contributed by atoms with Crippen molar-refractivity contribution >= 4 is 26.8 Å². The van der Waals surface area contributed by atoms with Gasteiger partial charge in [0.05, 0.1) is 22.5 Å². The molecule has 2 heterocycles. The minimum Gasteiger partial charge on any atom is -0.455 e. The molecule has 0 unspecified atom stereocenters. The standard InChI is InChI=1S/C23H15BrFN3O/c1-2-17-22(19-5-3-4-10-27-19)28-20-12-16(25)8-9-18(20)23(17)29-21-11-15(24)7-6-14(21)13-26/h3-12H,2H2,1H3. The molecule has 0 spiro atoms. The number of rotatable bonds is 4. The van der Waals surface area contributed by atoms with E-state index in [1.807, 2.05) is 25.1 Å². The summed E-state index contributed by atoms with van der Waals surface area (Å²) in [5.74, 6) is 0.584. The third-order valence-electron chi connectivity index (χ3n) is 4.53. The van der Waals surface area contributed by atoms with Crippen molar-refractivity contribution in [2.45, 2.75) is 13.3 Å². The molecule has 0 aliphatic rings. The molecule has 0 radical (unpaired) electrons. The SMILES string of the molecule is CCc1c(-c2ccccn2)nc2cc(F)ccc2c1Oc1cc(Br)ccc1C#N. The first kappa shape index (κ1) is 19.0. The second-order valence-corrected chi connectivity index (χ2v) is 7.27. The van der Waals surface area contributed by atoms with Gasteiger partial charge in [-0.15, -0.1) is 0 Å². The van der Waals surface area contributed by atoms with Crippen LogP contribution in [0.2, 0.25) is 0 Å². The zero-order chi connectivity index (χ0) is 20.4. The van der Waals surface area contributed by atoms with Gasteiger partial charge in [0.2, 0.25) is 0 Å². The fraction of sp³-hybridized carbons (Fsp3) is 0.0870. The van der Waals surface area contributed by atoms with Crippen molar-refractivity contribution < 1.29 is 9.13 Å². The third kappa shape index (κ3) is 3.69. The molecule has 0 fully saturated rings. The summed E-state index contributed by atoms with van der Waals surface area (Å²) in [5.41, 5.74) is 3.02. The van der Waals surface area contributed by atoms with Crippen molar-refractivity contribution in [3.63, 3.8) is 0 Å². The Kier molecular flexibility index (Phi) is 5.24. The second-order valence-electron chi connectivity index (χ2n) is 6.35. The van der Waals surface area contributed by atoms with Crippen LogP contribution in [-0.4, -0.2) is 9.97 Å². The molecule has 0 N–H and O–H groups in total. The quantitative estimate of drug-likeness (QED) is 0.361. The first-order valence-corrected chi connectivity index (χ1v) is 9.81. The Bertz CT molecular complexity index is 1250. The minimum atomic E-state index is -0.382. The van der Waals surface area contributed by atoms with Crippen molar-refractivity contribution in [2.24, 2.45) is 0 Å². The number of ether oxygens (including phenoxy) is 1. The van der Waals surface area contributed by atoms with Crippen molar-refractivity contribution in [3.05, 3.63) is 82.2 Å². The minimum absolute atomic E-state index is 0.382. The van der Waals surface area contributed by atoms with Crippen molar-refractivity contribution in [1.82, 2.24) is 9.97 Å². The molecule has 4 nitrogen and oxygen atoms in total. The van der Waals surface area contributed by atoms with Crippen molar-refractivity contribution in [2.75, 3.05) is 0 Å². The van der Waals surface area contributed by atoms with E-state index in [1.54, 1.807) is 30.5 Å². The smallest absolute Gasteiger partial charge is 0.146 e. The van der Waals surface area contributed by atoms with Crippen LogP contribution in [0.5, 0.6) is 11.5 Å². The predicted molar refractivity (Wildman–Crippen MR) is 113 cm³/mol. The van der Waals surface area contributed by atoms with Crippen LogP contribution in [0.4, 0.5) is 4.39 Å². The number of benzene rings is 2. The molecule has 0 aliphatic carbocycles. The molecule has 2 aromatic heterocycles. The van der Waals surface area contributed by atoms with E-state index in [-0.39, 0.29) is 5.82 Å². The Labute approximate surface area is 175 Å². The Balaban J connectivity index is 2.02. The molecule has 0 aliphatic heterocycles. The van der Waals surface area contributed by atoms with E-state index in [1.165, 1.54) is 12.1 Å². The number of hydrogen-bond donors (Lipinski definition) is 0. The summed E-state index contributed by atoms with van der Waals surface area (Å²) < 4.78 is 21.0. The number of nitriles is 1. The summed E-state index contributed by atoms with van der Waals surface area (Å²) in [7, 11) is 0. The zero-order valence-corrected chi connectivity index (χ0v) is 17.1. The van der Waals surface area contributed by atoms with E-state index in [0.29, 0.717) is 45.8 Å². The highest BCUT2D eigenvalue weighted by molar-refractivity contribution is 9.10. The molecular formula is C23H15BrFN3O. The van der Waals surface area contributed by atoms with Gasteiger partial charge in [0, 0.05) is 27.7 Å². The van der Waals surface area contributed by atoms with Crippen LogP contribution < -0.4 is 4.74 Å². The fourth-order valence-electron chi connectivity index (χ4n) is 3.19. The fourth-order valence-corrected chi connectivity index (χ4v) is 3.53. The lowest BCUT2D eigenvalue weighted by molar-refractivity contribution is 0.480. The third-order valence-corrected chi connectivity index (χ3v) is 5.03. The average molecular weight is 448 g/mol. The van der Waals surface area contributed by atoms with E-state index in [2.05, 4.69) is 32.0 Å². The Morgan fingerprint density at radius 3 is 2.72 bits per heavy atom. The van der Waals surface area contributed by atoms with Gasteiger partial charge in [-0.3, -0.25) is 4.98 Å². The second kappa shape index (κ2) is 7.98. The van der Waals surface area contributed by atoms with Crippen LogP contribution in [0.3, 0.4) is 0 Å². The molecule has 0 saturated heterocycles. The molecule has 0 bridgehead atoms. The lowest BCUT2D eigenvalue weighted by Gasteiger charge is -2.17. The maximum Gasteiger partial charge on any atom is 0.146 e. The van der Waals surface area contributed by atoms with E-state index in [9.17, 15) is 9.65 Å². The van der Waals surface area contributed by atoms with Crippen LogP contribution in [0, 0.1) is 17.1 Å². The topological polar surface area (TPSA) is 58.8 Å². The molecule has 6 heteroatoms. The molecular weight excluding hydrogens is 433 g/mol. The van der Waals surface area contributed by atoms with E-state index < -0.39 is 0 Å². The molecule has 2 aromatic carbocycles. The highest BCUT2D eigenvalue weighted by Crippen LogP contribution is 2.39. The molecule has 0 amide bonds. The van der Waals surface area contributed by atoms with Crippen LogP contribution in [0.1, 0.15) is 18.1 Å². The number of aromatic nitrogens is 2. The van der Waals surface area contributed by atoms with Crippen molar-refractivity contribution in [3.8, 4) is 29.0 Å². The Hall–Kier alpha value is -3.30. The van der Waals surface area contributed by atoms with Crippen molar-refractivity contribution in [1.29, 1.82) is 5.26 Å². The van der Waals surface area contributed by atoms with Gasteiger partial charge in [-0.05, 0) is 48.9 Å². The molecule has 4 aromatic rings. The summed E-state index contributed by atoms with van der Waals surface area (Å²) in [6.07, 6.45) is 2.31. The van der Waals surface area contributed by atoms with E-state index in [0.717, 1.165) is 10.0 Å². The average Bonchev–Trinajstić information content (AvgIpc) is 2.74. The van der Waals surface area contributed by atoms with Crippen LogP contribution >= 0.6 is 15.9 Å². The van der Waals surface area contributed by atoms with Gasteiger partial charge in [-0.25, -0.2) is 9.37 Å². The number of fused-ring (bicyclic) bond motifs is 1. The van der Waals surface area contributed by atoms with Gasteiger partial charge in [-0.1, -0.05) is 28.9 Å². The Morgan fingerprint density at radius 1 is 1.14 bits per heavy atom. The number of hydrogen-bond acceptors (Lipinski definition) is 4. The summed E-state index contributed by atoms with van der Waals surface area (Å²) >= 11 is 3.42. The first-order valence-electron chi connectivity index (χ1n) is 9.01. The van der Waals surface area contributed by atoms with Gasteiger partial charge >= 0.3 is 0 Å². The summed E-state index contributed by atoms with van der Waals surface area (Å²) in [6.45, 7) is 2.00. The van der Waals surface area contributed by atoms with Gasteiger partial charge in [0.15, 0.2) is 0 Å². The lowest BCUT2D eigenvalue weighted by Crippen LogP contribution is -2.01. The largest absolute Gasteiger partial charge is 0.455 e. The molecule has 29 heavy (non-hydrogen) atoms. The van der Waals surface area contributed by atoms with Crippen LogP contribution in [0.15, 0.2) is 65.3 Å². The molecule has 142 valence electrons. The van der Waals surface area contributed by atoms with Gasteiger partial charge in [-0.2, -0.15) is 5.26 Å². The number of nitrogens with zero attached hydrogens (tertiary/aromatic N) is 3. The number of halogens is 2.